The van der Waals surface area contributed by atoms with Crippen molar-refractivity contribution in [3.63, 3.8) is 0 Å². The molecule has 5 fully saturated rings. The molecule has 4 saturated carbocycles. The summed E-state index contributed by atoms with van der Waals surface area (Å²) in [5.41, 5.74) is 1.27. The largest absolute Gasteiger partial charge is 0.381 e. The number of hydrogen-bond acceptors (Lipinski definition) is 2. The fourth-order valence-corrected chi connectivity index (χ4v) is 7.16. The lowest BCUT2D eigenvalue weighted by atomic mass is 9.42. The molecule has 0 amide bonds. The van der Waals surface area contributed by atoms with Gasteiger partial charge in [-0.05, 0) is 80.6 Å². The van der Waals surface area contributed by atoms with Crippen molar-refractivity contribution in [1.82, 2.24) is 5.32 Å². The van der Waals surface area contributed by atoms with Crippen LogP contribution >= 0.6 is 0 Å². The van der Waals surface area contributed by atoms with E-state index in [-0.39, 0.29) is 0 Å². The van der Waals surface area contributed by atoms with Gasteiger partial charge in [-0.15, -0.1) is 0 Å². The molecule has 1 heterocycles. The van der Waals surface area contributed by atoms with Gasteiger partial charge in [0.25, 0.3) is 0 Å². The third-order valence-corrected chi connectivity index (χ3v) is 7.11. The van der Waals surface area contributed by atoms with Crippen molar-refractivity contribution in [2.75, 3.05) is 19.8 Å². The maximum absolute atomic E-state index is 5.77. The van der Waals surface area contributed by atoms with Crippen molar-refractivity contribution >= 4 is 0 Å². The fourth-order valence-electron chi connectivity index (χ4n) is 7.16. The van der Waals surface area contributed by atoms with Crippen LogP contribution in [0.2, 0.25) is 0 Å². The Hall–Kier alpha value is -0.0800. The van der Waals surface area contributed by atoms with Crippen LogP contribution < -0.4 is 5.32 Å². The quantitative estimate of drug-likeness (QED) is 0.826. The van der Waals surface area contributed by atoms with E-state index < -0.39 is 0 Å². The van der Waals surface area contributed by atoms with E-state index in [9.17, 15) is 0 Å². The summed E-state index contributed by atoms with van der Waals surface area (Å²) >= 11 is 0. The number of rotatable bonds is 5. The molecule has 5 rings (SSSR count). The van der Waals surface area contributed by atoms with Crippen LogP contribution in [0.5, 0.6) is 0 Å². The Morgan fingerprint density at radius 2 is 1.95 bits per heavy atom. The van der Waals surface area contributed by atoms with Gasteiger partial charge in [0, 0.05) is 18.6 Å². The van der Waals surface area contributed by atoms with Gasteiger partial charge < -0.3 is 10.1 Å². The first-order chi connectivity index (χ1) is 10.1. The normalized spacial score (nSPS) is 49.7. The number of nitrogens with one attached hydrogen (secondary N) is 1. The highest BCUT2D eigenvalue weighted by Crippen LogP contribution is 2.66. The molecule has 0 radical (unpaired) electrons. The van der Waals surface area contributed by atoms with E-state index in [1.807, 2.05) is 0 Å². The summed E-state index contributed by atoms with van der Waals surface area (Å²) in [6.07, 6.45) is 11.6. The Kier molecular flexibility index (Phi) is 3.61. The second-order valence-corrected chi connectivity index (χ2v) is 9.19. The molecule has 0 aromatic carbocycles. The predicted molar refractivity (Wildman–Crippen MR) is 86.2 cm³/mol. The van der Waals surface area contributed by atoms with E-state index in [2.05, 4.69) is 19.2 Å². The van der Waals surface area contributed by atoms with Crippen LogP contribution in [0.25, 0.3) is 0 Å². The van der Waals surface area contributed by atoms with E-state index in [0.717, 1.165) is 37.0 Å². The highest BCUT2D eigenvalue weighted by Gasteiger charge is 2.59. The molecule has 1 saturated heterocycles. The zero-order chi connectivity index (χ0) is 14.5. The Bertz CT molecular complexity index is 373. The summed E-state index contributed by atoms with van der Waals surface area (Å²) in [6.45, 7) is 8.09. The number of hydrogen-bond donors (Lipinski definition) is 1. The fraction of sp³-hybridized carbons (Fsp3) is 1.00. The molecule has 2 heteroatoms. The first kappa shape index (κ1) is 14.5. The molecule has 21 heavy (non-hydrogen) atoms. The smallest absolute Gasteiger partial charge is 0.0510 e. The summed E-state index contributed by atoms with van der Waals surface area (Å²) < 4.78 is 5.77. The van der Waals surface area contributed by atoms with Gasteiger partial charge >= 0.3 is 0 Å². The minimum absolute atomic E-state index is 0.604. The maximum Gasteiger partial charge on any atom is 0.0510 e. The predicted octanol–water partition coefficient (Wildman–Crippen LogP) is 4.00. The van der Waals surface area contributed by atoms with Crippen molar-refractivity contribution < 1.29 is 4.74 Å². The van der Waals surface area contributed by atoms with Crippen LogP contribution in [0, 0.1) is 28.6 Å². The molecule has 4 unspecified atom stereocenters. The highest BCUT2D eigenvalue weighted by atomic mass is 16.5. The zero-order valence-electron chi connectivity index (χ0n) is 14.0. The molecule has 4 atom stereocenters. The van der Waals surface area contributed by atoms with Crippen molar-refractivity contribution in [2.24, 2.45) is 28.6 Å². The molecule has 2 nitrogen and oxygen atoms in total. The van der Waals surface area contributed by atoms with E-state index in [1.54, 1.807) is 6.42 Å². The van der Waals surface area contributed by atoms with Crippen molar-refractivity contribution in [3.8, 4) is 0 Å². The third kappa shape index (κ3) is 2.47. The van der Waals surface area contributed by atoms with Crippen molar-refractivity contribution in [3.05, 3.63) is 0 Å². The maximum atomic E-state index is 5.77. The van der Waals surface area contributed by atoms with Crippen LogP contribution in [-0.2, 0) is 4.74 Å². The summed E-state index contributed by atoms with van der Waals surface area (Å²) in [4.78, 5) is 0. The van der Waals surface area contributed by atoms with Gasteiger partial charge in [0.2, 0.25) is 0 Å². The topological polar surface area (TPSA) is 21.3 Å². The molecule has 5 aliphatic rings. The standard InChI is InChI=1S/C19H33NO/c1-3-5-20-17(16-4-6-21-12-16)19-10-14-7-15(11-19)9-18(2,8-14)13-19/h14-17,20H,3-13H2,1-2H3. The summed E-state index contributed by atoms with van der Waals surface area (Å²) in [6, 6.07) is 0.727. The minimum Gasteiger partial charge on any atom is -0.381 e. The van der Waals surface area contributed by atoms with E-state index in [4.69, 9.17) is 4.74 Å². The molecule has 120 valence electrons. The van der Waals surface area contributed by atoms with Gasteiger partial charge in [0.05, 0.1) is 6.61 Å². The lowest BCUT2D eigenvalue weighted by Crippen LogP contribution is -2.60. The lowest BCUT2D eigenvalue weighted by Gasteiger charge is -2.64. The molecular formula is C19H33NO. The highest BCUT2D eigenvalue weighted by molar-refractivity contribution is 5.11. The van der Waals surface area contributed by atoms with Crippen LogP contribution in [-0.4, -0.2) is 25.8 Å². The van der Waals surface area contributed by atoms with Gasteiger partial charge in [0.15, 0.2) is 0 Å². The monoisotopic (exact) mass is 291 g/mol. The van der Waals surface area contributed by atoms with Gasteiger partial charge in [-0.2, -0.15) is 0 Å². The number of ether oxygens (including phenoxy) is 1. The average Bonchev–Trinajstić information content (AvgIpc) is 2.89. The molecule has 4 bridgehead atoms. The van der Waals surface area contributed by atoms with Gasteiger partial charge in [-0.1, -0.05) is 13.8 Å². The first-order valence-electron chi connectivity index (χ1n) is 9.44. The van der Waals surface area contributed by atoms with Crippen LogP contribution in [0.1, 0.15) is 65.2 Å². The summed E-state index contributed by atoms with van der Waals surface area (Å²) in [7, 11) is 0. The van der Waals surface area contributed by atoms with Crippen molar-refractivity contribution in [1.29, 1.82) is 0 Å². The molecule has 0 spiro atoms. The van der Waals surface area contributed by atoms with Gasteiger partial charge in [-0.3, -0.25) is 0 Å². The van der Waals surface area contributed by atoms with E-state index >= 15 is 0 Å². The van der Waals surface area contributed by atoms with E-state index in [0.29, 0.717) is 10.8 Å². The first-order valence-corrected chi connectivity index (χ1v) is 9.44. The Morgan fingerprint density at radius 1 is 1.19 bits per heavy atom. The van der Waals surface area contributed by atoms with Crippen LogP contribution in [0.15, 0.2) is 0 Å². The van der Waals surface area contributed by atoms with Gasteiger partial charge in [0.1, 0.15) is 0 Å². The summed E-state index contributed by atoms with van der Waals surface area (Å²) in [5, 5.41) is 4.01. The molecule has 0 aromatic heterocycles. The average molecular weight is 291 g/mol. The minimum atomic E-state index is 0.604. The zero-order valence-corrected chi connectivity index (χ0v) is 14.0. The second-order valence-electron chi connectivity index (χ2n) is 9.19. The third-order valence-electron chi connectivity index (χ3n) is 7.11. The molecule has 0 aromatic rings. The molecule has 4 aliphatic carbocycles. The molecular weight excluding hydrogens is 258 g/mol. The molecule has 1 aliphatic heterocycles. The van der Waals surface area contributed by atoms with Crippen LogP contribution in [0.4, 0.5) is 0 Å². The Balaban J connectivity index is 1.61. The Morgan fingerprint density at radius 3 is 2.52 bits per heavy atom. The second kappa shape index (κ2) is 5.23. The SMILES string of the molecule is CCCNC(C1CCOC1)C12CC3CC(CC(C)(C3)C1)C2. The van der Waals surface area contributed by atoms with E-state index in [1.165, 1.54) is 51.5 Å². The van der Waals surface area contributed by atoms with Gasteiger partial charge in [-0.25, -0.2) is 0 Å². The molecule has 1 N–H and O–H groups in total. The van der Waals surface area contributed by atoms with Crippen molar-refractivity contribution in [2.45, 2.75) is 71.3 Å². The lowest BCUT2D eigenvalue weighted by molar-refractivity contribution is -0.126. The van der Waals surface area contributed by atoms with Crippen LogP contribution in [0.3, 0.4) is 0 Å². The summed E-state index contributed by atoms with van der Waals surface area (Å²) in [5.74, 6) is 2.84. The Labute approximate surface area is 130 Å².